The molecule has 7 nitrogen and oxygen atoms in total. The molecule has 0 spiro atoms. The van der Waals surface area contributed by atoms with E-state index in [2.05, 4.69) is 5.32 Å². The summed E-state index contributed by atoms with van der Waals surface area (Å²) < 4.78 is 5.22. The normalized spacial score (nSPS) is 14.5. The number of hydrogen-bond donors (Lipinski definition) is 1. The number of halogens is 1. The van der Waals surface area contributed by atoms with Crippen molar-refractivity contribution in [1.82, 2.24) is 10.2 Å². The summed E-state index contributed by atoms with van der Waals surface area (Å²) in [5.41, 5.74) is 1.87. The van der Waals surface area contributed by atoms with Crippen molar-refractivity contribution in [3.63, 3.8) is 0 Å². The van der Waals surface area contributed by atoms with Gasteiger partial charge in [-0.05, 0) is 42.3 Å². The van der Waals surface area contributed by atoms with Crippen molar-refractivity contribution in [2.45, 2.75) is 39.0 Å². The van der Waals surface area contributed by atoms with Crippen LogP contribution in [-0.4, -0.2) is 34.7 Å². The zero-order chi connectivity index (χ0) is 21.7. The van der Waals surface area contributed by atoms with Crippen molar-refractivity contribution >= 4 is 35.3 Å². The Morgan fingerprint density at radius 1 is 1.00 bits per heavy atom. The molecule has 3 amide bonds. The molecule has 30 heavy (non-hydrogen) atoms. The van der Waals surface area contributed by atoms with Crippen LogP contribution >= 0.6 is 11.6 Å². The van der Waals surface area contributed by atoms with Gasteiger partial charge in [-0.15, -0.1) is 0 Å². The second-order valence-corrected chi connectivity index (χ2v) is 7.40. The molecule has 0 saturated carbocycles. The number of ether oxygens (including phenoxy) is 1. The monoisotopic (exact) mass is 428 g/mol. The lowest BCUT2D eigenvalue weighted by molar-refractivity contribution is -0.139. The lowest BCUT2D eigenvalue weighted by atomic mass is 10.1. The van der Waals surface area contributed by atoms with Crippen molar-refractivity contribution in [1.29, 1.82) is 0 Å². The summed E-state index contributed by atoms with van der Waals surface area (Å²) in [6, 6.07) is 13.4. The van der Waals surface area contributed by atoms with Gasteiger partial charge >= 0.3 is 5.97 Å². The van der Waals surface area contributed by atoms with Crippen LogP contribution in [0.1, 0.15) is 41.3 Å². The number of carbonyl (C=O) groups excluding carboxylic acids is 4. The number of hydrogen-bond acceptors (Lipinski definition) is 5. The summed E-state index contributed by atoms with van der Waals surface area (Å²) in [6.07, 6.45) is -0.494. The van der Waals surface area contributed by atoms with Crippen molar-refractivity contribution in [3.8, 4) is 0 Å². The van der Waals surface area contributed by atoms with Gasteiger partial charge in [0.15, 0.2) is 6.10 Å². The Morgan fingerprint density at radius 3 is 2.17 bits per heavy atom. The average molecular weight is 429 g/mol. The molecule has 8 heteroatoms. The summed E-state index contributed by atoms with van der Waals surface area (Å²) in [6.45, 7) is 1.96. The van der Waals surface area contributed by atoms with E-state index >= 15 is 0 Å². The number of likely N-dealkylation sites (tertiary alicyclic amines) is 1. The van der Waals surface area contributed by atoms with Gasteiger partial charge in [-0.2, -0.15) is 0 Å². The predicted octanol–water partition coefficient (Wildman–Crippen LogP) is 2.85. The number of esters is 1. The molecule has 2 aromatic rings. The Morgan fingerprint density at radius 2 is 1.57 bits per heavy atom. The van der Waals surface area contributed by atoms with Crippen LogP contribution in [0.4, 0.5) is 0 Å². The first-order valence-electron chi connectivity index (χ1n) is 9.49. The van der Waals surface area contributed by atoms with E-state index in [1.54, 1.807) is 48.5 Å². The molecule has 0 bridgehead atoms. The third-order valence-electron chi connectivity index (χ3n) is 4.72. The van der Waals surface area contributed by atoms with E-state index in [4.69, 9.17) is 16.3 Å². The molecule has 1 saturated heterocycles. The predicted molar refractivity (Wildman–Crippen MR) is 109 cm³/mol. The summed E-state index contributed by atoms with van der Waals surface area (Å²) >= 11 is 5.83. The Balaban J connectivity index is 1.50. The molecule has 1 heterocycles. The maximum Gasteiger partial charge on any atom is 0.338 e. The zero-order valence-corrected chi connectivity index (χ0v) is 17.1. The molecule has 1 unspecified atom stereocenters. The average Bonchev–Trinajstić information content (AvgIpc) is 3.05. The molecular formula is C22H21ClN2O5. The quantitative estimate of drug-likeness (QED) is 0.540. The molecule has 0 aliphatic carbocycles. The van der Waals surface area contributed by atoms with Crippen LogP contribution in [-0.2, 0) is 32.2 Å². The van der Waals surface area contributed by atoms with Crippen LogP contribution in [0.3, 0.4) is 0 Å². The molecule has 1 aliphatic rings. The number of nitrogens with zero attached hydrogens (tertiary/aromatic N) is 1. The maximum atomic E-state index is 12.3. The van der Waals surface area contributed by atoms with Gasteiger partial charge in [0.25, 0.3) is 5.91 Å². The summed E-state index contributed by atoms with van der Waals surface area (Å²) in [7, 11) is 0. The van der Waals surface area contributed by atoms with Gasteiger partial charge in [0.1, 0.15) is 0 Å². The van der Waals surface area contributed by atoms with Crippen LogP contribution in [0.5, 0.6) is 0 Å². The number of nitrogens with one attached hydrogen (secondary N) is 1. The van der Waals surface area contributed by atoms with Crippen molar-refractivity contribution in [2.24, 2.45) is 0 Å². The molecule has 2 aromatic carbocycles. The first kappa shape index (κ1) is 21.5. The van der Waals surface area contributed by atoms with E-state index in [-0.39, 0.29) is 36.8 Å². The minimum atomic E-state index is -0.968. The summed E-state index contributed by atoms with van der Waals surface area (Å²) in [5.74, 6) is -1.44. The summed E-state index contributed by atoms with van der Waals surface area (Å²) in [4.78, 5) is 49.1. The first-order valence-corrected chi connectivity index (χ1v) is 9.86. The topological polar surface area (TPSA) is 92.8 Å². The smallest absolute Gasteiger partial charge is 0.338 e. The van der Waals surface area contributed by atoms with E-state index in [0.717, 1.165) is 11.1 Å². The van der Waals surface area contributed by atoms with Crippen LogP contribution in [0.2, 0.25) is 5.02 Å². The minimum absolute atomic E-state index is 0.177. The van der Waals surface area contributed by atoms with Gasteiger partial charge < -0.3 is 10.1 Å². The fourth-order valence-electron chi connectivity index (χ4n) is 2.95. The lowest BCUT2D eigenvalue weighted by Crippen LogP contribution is -2.35. The van der Waals surface area contributed by atoms with E-state index < -0.39 is 18.0 Å². The highest BCUT2D eigenvalue weighted by molar-refractivity contribution is 6.30. The van der Waals surface area contributed by atoms with E-state index in [9.17, 15) is 19.2 Å². The molecule has 156 valence electrons. The number of benzene rings is 2. The van der Waals surface area contributed by atoms with Gasteiger partial charge in [0.2, 0.25) is 11.8 Å². The molecule has 3 rings (SSSR count). The molecule has 0 radical (unpaired) electrons. The van der Waals surface area contributed by atoms with E-state index in [1.807, 2.05) is 0 Å². The van der Waals surface area contributed by atoms with Crippen LogP contribution in [0.15, 0.2) is 48.5 Å². The Bertz CT molecular complexity index is 940. The Kier molecular flexibility index (Phi) is 6.84. The molecule has 1 fully saturated rings. The third kappa shape index (κ3) is 5.45. The summed E-state index contributed by atoms with van der Waals surface area (Å²) in [5, 5.41) is 3.31. The minimum Gasteiger partial charge on any atom is -0.449 e. The van der Waals surface area contributed by atoms with Gasteiger partial charge in [-0.3, -0.25) is 19.3 Å². The fourth-order valence-corrected chi connectivity index (χ4v) is 3.07. The Hall–Kier alpha value is -3.19. The van der Waals surface area contributed by atoms with Gasteiger partial charge in [-0.25, -0.2) is 4.79 Å². The first-order chi connectivity index (χ1) is 14.3. The number of carbonyl (C=O) groups is 4. The van der Waals surface area contributed by atoms with E-state index in [1.165, 1.54) is 11.8 Å². The SMILES string of the molecule is CC(OC(=O)c1ccc(CN2C(=O)CCC2=O)cc1)C(=O)NCc1ccc(Cl)cc1. The standard InChI is InChI=1S/C22H21ClN2O5/c1-14(21(28)24-12-15-4-8-18(23)9-5-15)30-22(29)17-6-2-16(3-7-17)13-25-19(26)10-11-20(25)27/h2-9,14H,10-13H2,1H3,(H,24,28). The van der Waals surface area contributed by atoms with Crippen molar-refractivity contribution in [2.75, 3.05) is 0 Å². The second kappa shape index (κ2) is 9.54. The highest BCUT2D eigenvalue weighted by atomic mass is 35.5. The largest absolute Gasteiger partial charge is 0.449 e. The van der Waals surface area contributed by atoms with Gasteiger partial charge in [0, 0.05) is 24.4 Å². The lowest BCUT2D eigenvalue weighted by Gasteiger charge is -2.15. The molecule has 1 aliphatic heterocycles. The molecular weight excluding hydrogens is 408 g/mol. The highest BCUT2D eigenvalue weighted by Crippen LogP contribution is 2.17. The fraction of sp³-hybridized carbons (Fsp3) is 0.273. The molecule has 1 atom stereocenters. The number of amides is 3. The Labute approximate surface area is 179 Å². The third-order valence-corrected chi connectivity index (χ3v) is 4.97. The van der Waals surface area contributed by atoms with Gasteiger partial charge in [0.05, 0.1) is 12.1 Å². The molecule has 0 aromatic heterocycles. The van der Waals surface area contributed by atoms with Crippen molar-refractivity contribution in [3.05, 3.63) is 70.2 Å². The highest BCUT2D eigenvalue weighted by Gasteiger charge is 2.28. The zero-order valence-electron chi connectivity index (χ0n) is 16.4. The van der Waals surface area contributed by atoms with E-state index in [0.29, 0.717) is 11.6 Å². The van der Waals surface area contributed by atoms with Crippen molar-refractivity contribution < 1.29 is 23.9 Å². The maximum absolute atomic E-state index is 12.3. The van der Waals surface area contributed by atoms with Gasteiger partial charge in [-0.1, -0.05) is 35.9 Å². The second-order valence-electron chi connectivity index (χ2n) is 6.96. The van der Waals surface area contributed by atoms with Crippen LogP contribution in [0.25, 0.3) is 0 Å². The van der Waals surface area contributed by atoms with Crippen LogP contribution in [0, 0.1) is 0 Å². The number of rotatable bonds is 7. The van der Waals surface area contributed by atoms with Crippen LogP contribution < -0.4 is 5.32 Å². The molecule has 1 N–H and O–H groups in total. The number of imide groups is 1.